The fraction of sp³-hybridized carbons (Fsp3) is 1.00. The van der Waals surface area contributed by atoms with Crippen LogP contribution in [0.5, 0.6) is 0 Å². The molecule has 1 rings (SSSR count). The Bertz CT molecular complexity index is 163. The monoisotopic (exact) mass is 200 g/mol. The summed E-state index contributed by atoms with van der Waals surface area (Å²) >= 11 is 0. The maximum absolute atomic E-state index is 5.86. The highest BCUT2D eigenvalue weighted by atomic mass is 16.5. The summed E-state index contributed by atoms with van der Waals surface area (Å²) in [6, 6.07) is 0. The van der Waals surface area contributed by atoms with Crippen LogP contribution in [0.15, 0.2) is 0 Å². The molecule has 0 aliphatic heterocycles. The number of methoxy groups -OCH3 is 1. The third kappa shape index (κ3) is 2.94. The summed E-state index contributed by atoms with van der Waals surface area (Å²) in [5.41, 5.74) is 6.07. The molecule has 0 amide bonds. The molecule has 1 aliphatic carbocycles. The Labute approximate surface area is 87.4 Å². The lowest BCUT2D eigenvalue weighted by Crippen LogP contribution is -2.50. The standard InChI is InChI=1S/C11H24N2O/c1-3-10-4-5-11(8-10,9-12)13-6-7-14-2/h10,13H,3-9,12H2,1-2H3. The van der Waals surface area contributed by atoms with Gasteiger partial charge in [-0.25, -0.2) is 0 Å². The third-order valence-corrected chi connectivity index (χ3v) is 3.48. The normalized spacial score (nSPS) is 32.4. The molecule has 14 heavy (non-hydrogen) atoms. The molecule has 0 aromatic carbocycles. The average molecular weight is 200 g/mol. The molecule has 2 unspecified atom stereocenters. The highest BCUT2D eigenvalue weighted by molar-refractivity contribution is 4.96. The van der Waals surface area contributed by atoms with Crippen LogP contribution < -0.4 is 11.1 Å². The number of ether oxygens (including phenoxy) is 1. The third-order valence-electron chi connectivity index (χ3n) is 3.48. The molecule has 3 heteroatoms. The minimum Gasteiger partial charge on any atom is -0.383 e. The van der Waals surface area contributed by atoms with Gasteiger partial charge >= 0.3 is 0 Å². The van der Waals surface area contributed by atoms with E-state index in [0.29, 0.717) is 0 Å². The summed E-state index contributed by atoms with van der Waals surface area (Å²) in [5.74, 6) is 0.869. The Kier molecular flexibility index (Phi) is 4.85. The van der Waals surface area contributed by atoms with E-state index in [1.165, 1.54) is 25.7 Å². The van der Waals surface area contributed by atoms with Gasteiger partial charge in [0.1, 0.15) is 0 Å². The SMILES string of the molecule is CCC1CCC(CN)(NCCOC)C1. The summed E-state index contributed by atoms with van der Waals surface area (Å²) in [5, 5.41) is 3.56. The fourth-order valence-corrected chi connectivity index (χ4v) is 2.42. The van der Waals surface area contributed by atoms with E-state index in [4.69, 9.17) is 10.5 Å². The lowest BCUT2D eigenvalue weighted by atomic mass is 9.95. The van der Waals surface area contributed by atoms with E-state index < -0.39 is 0 Å². The first-order chi connectivity index (χ1) is 6.76. The van der Waals surface area contributed by atoms with E-state index in [1.54, 1.807) is 7.11 Å². The smallest absolute Gasteiger partial charge is 0.0587 e. The second kappa shape index (κ2) is 5.69. The Hall–Kier alpha value is -0.120. The van der Waals surface area contributed by atoms with Crippen molar-refractivity contribution in [2.75, 3.05) is 26.8 Å². The summed E-state index contributed by atoms with van der Waals surface area (Å²) in [6.07, 6.45) is 5.08. The van der Waals surface area contributed by atoms with Crippen molar-refractivity contribution in [3.63, 3.8) is 0 Å². The van der Waals surface area contributed by atoms with Gasteiger partial charge in [-0.3, -0.25) is 0 Å². The summed E-state index contributed by atoms with van der Waals surface area (Å²) < 4.78 is 5.04. The number of hydrogen-bond donors (Lipinski definition) is 2. The van der Waals surface area contributed by atoms with Gasteiger partial charge in [0, 0.05) is 25.7 Å². The van der Waals surface area contributed by atoms with Crippen LogP contribution in [0.1, 0.15) is 32.6 Å². The maximum atomic E-state index is 5.86. The number of rotatable bonds is 6. The number of nitrogens with one attached hydrogen (secondary N) is 1. The molecule has 84 valence electrons. The van der Waals surface area contributed by atoms with Gasteiger partial charge in [0.25, 0.3) is 0 Å². The zero-order chi connectivity index (χ0) is 10.4. The molecule has 3 nitrogen and oxygen atoms in total. The summed E-state index contributed by atoms with van der Waals surface area (Å²) in [4.78, 5) is 0. The minimum absolute atomic E-state index is 0.208. The number of hydrogen-bond acceptors (Lipinski definition) is 3. The summed E-state index contributed by atoms with van der Waals surface area (Å²) in [7, 11) is 1.74. The van der Waals surface area contributed by atoms with Crippen molar-refractivity contribution >= 4 is 0 Å². The van der Waals surface area contributed by atoms with E-state index in [0.717, 1.165) is 25.6 Å². The van der Waals surface area contributed by atoms with Crippen LogP contribution in [-0.4, -0.2) is 32.3 Å². The molecule has 0 spiro atoms. The van der Waals surface area contributed by atoms with Gasteiger partial charge in [0.05, 0.1) is 6.61 Å². The molecular weight excluding hydrogens is 176 g/mol. The molecule has 2 atom stereocenters. The zero-order valence-corrected chi connectivity index (χ0v) is 9.51. The molecule has 0 heterocycles. The van der Waals surface area contributed by atoms with Gasteiger partial charge in [-0.05, 0) is 25.2 Å². The topological polar surface area (TPSA) is 47.3 Å². The lowest BCUT2D eigenvalue weighted by Gasteiger charge is -2.29. The molecular formula is C11H24N2O. The van der Waals surface area contributed by atoms with E-state index in [9.17, 15) is 0 Å². The molecule has 1 aliphatic rings. The second-order valence-corrected chi connectivity index (χ2v) is 4.42. The van der Waals surface area contributed by atoms with E-state index >= 15 is 0 Å². The van der Waals surface area contributed by atoms with E-state index in [1.807, 2.05) is 0 Å². The first kappa shape index (κ1) is 12.0. The molecule has 0 aromatic heterocycles. The van der Waals surface area contributed by atoms with E-state index in [2.05, 4.69) is 12.2 Å². The van der Waals surface area contributed by atoms with Gasteiger partial charge in [-0.1, -0.05) is 13.3 Å². The van der Waals surface area contributed by atoms with Crippen molar-refractivity contribution in [1.82, 2.24) is 5.32 Å². The van der Waals surface area contributed by atoms with Crippen molar-refractivity contribution in [1.29, 1.82) is 0 Å². The predicted molar refractivity (Wildman–Crippen MR) is 59.3 cm³/mol. The molecule has 1 saturated carbocycles. The van der Waals surface area contributed by atoms with Gasteiger partial charge < -0.3 is 15.8 Å². The minimum atomic E-state index is 0.208. The molecule has 0 radical (unpaired) electrons. The van der Waals surface area contributed by atoms with E-state index in [-0.39, 0.29) is 5.54 Å². The van der Waals surface area contributed by atoms with Crippen LogP contribution in [0.3, 0.4) is 0 Å². The van der Waals surface area contributed by atoms with Gasteiger partial charge in [0.2, 0.25) is 0 Å². The maximum Gasteiger partial charge on any atom is 0.0587 e. The van der Waals surface area contributed by atoms with Gasteiger partial charge in [-0.2, -0.15) is 0 Å². The highest BCUT2D eigenvalue weighted by Crippen LogP contribution is 2.35. The first-order valence-corrected chi connectivity index (χ1v) is 5.70. The predicted octanol–water partition coefficient (Wildman–Crippen LogP) is 1.13. The largest absolute Gasteiger partial charge is 0.383 e. The molecule has 1 fully saturated rings. The van der Waals surface area contributed by atoms with Crippen LogP contribution in [0.2, 0.25) is 0 Å². The van der Waals surface area contributed by atoms with Crippen molar-refractivity contribution in [2.45, 2.75) is 38.1 Å². The van der Waals surface area contributed by atoms with Crippen molar-refractivity contribution < 1.29 is 4.74 Å². The Morgan fingerprint density at radius 1 is 1.57 bits per heavy atom. The van der Waals surface area contributed by atoms with Gasteiger partial charge in [0.15, 0.2) is 0 Å². The van der Waals surface area contributed by atoms with Crippen LogP contribution >= 0.6 is 0 Å². The molecule has 3 N–H and O–H groups in total. The van der Waals surface area contributed by atoms with Crippen LogP contribution in [0, 0.1) is 5.92 Å². The molecule has 0 aromatic rings. The van der Waals surface area contributed by atoms with Gasteiger partial charge in [-0.15, -0.1) is 0 Å². The van der Waals surface area contributed by atoms with Crippen molar-refractivity contribution in [3.8, 4) is 0 Å². The Balaban J connectivity index is 2.35. The van der Waals surface area contributed by atoms with Crippen LogP contribution in [0.4, 0.5) is 0 Å². The van der Waals surface area contributed by atoms with Crippen LogP contribution in [0.25, 0.3) is 0 Å². The number of nitrogens with two attached hydrogens (primary N) is 1. The highest BCUT2D eigenvalue weighted by Gasteiger charge is 2.36. The average Bonchev–Trinajstić information content (AvgIpc) is 2.63. The van der Waals surface area contributed by atoms with Crippen molar-refractivity contribution in [2.24, 2.45) is 11.7 Å². The quantitative estimate of drug-likeness (QED) is 0.632. The molecule has 0 bridgehead atoms. The second-order valence-electron chi connectivity index (χ2n) is 4.42. The Morgan fingerprint density at radius 2 is 2.36 bits per heavy atom. The lowest BCUT2D eigenvalue weighted by molar-refractivity contribution is 0.183. The zero-order valence-electron chi connectivity index (χ0n) is 9.51. The Morgan fingerprint density at radius 3 is 2.86 bits per heavy atom. The van der Waals surface area contributed by atoms with Crippen LogP contribution in [-0.2, 0) is 4.74 Å². The fourth-order valence-electron chi connectivity index (χ4n) is 2.42. The van der Waals surface area contributed by atoms with Crippen molar-refractivity contribution in [3.05, 3.63) is 0 Å². The summed E-state index contributed by atoms with van der Waals surface area (Å²) in [6.45, 7) is 4.72. The molecule has 0 saturated heterocycles. The first-order valence-electron chi connectivity index (χ1n) is 5.70.